The molecule has 6 nitrogen and oxygen atoms in total. The SMILES string of the molecule is COc1cc(NC(=O)c2ccc(Br)cc2)c(C(=O)O)cc1OC. The number of carbonyl (C=O) groups is 2. The fraction of sp³-hybridized carbons (Fsp3) is 0.125. The molecule has 0 saturated heterocycles. The number of methoxy groups -OCH3 is 2. The Morgan fingerprint density at radius 3 is 2.13 bits per heavy atom. The summed E-state index contributed by atoms with van der Waals surface area (Å²) in [5, 5.41) is 11.9. The van der Waals surface area contributed by atoms with Gasteiger partial charge in [-0.25, -0.2) is 4.79 Å². The van der Waals surface area contributed by atoms with Crippen molar-refractivity contribution < 1.29 is 24.2 Å². The van der Waals surface area contributed by atoms with Crippen molar-refractivity contribution in [1.29, 1.82) is 0 Å². The van der Waals surface area contributed by atoms with Gasteiger partial charge in [-0.15, -0.1) is 0 Å². The summed E-state index contributed by atoms with van der Waals surface area (Å²) in [5.74, 6) is -1.01. The molecule has 2 N–H and O–H groups in total. The highest BCUT2D eigenvalue weighted by molar-refractivity contribution is 9.10. The highest BCUT2D eigenvalue weighted by atomic mass is 79.9. The third kappa shape index (κ3) is 3.81. The minimum Gasteiger partial charge on any atom is -0.493 e. The molecule has 0 heterocycles. The summed E-state index contributed by atoms with van der Waals surface area (Å²) in [5.41, 5.74) is 0.440. The van der Waals surface area contributed by atoms with Crippen LogP contribution in [0.2, 0.25) is 0 Å². The lowest BCUT2D eigenvalue weighted by molar-refractivity contribution is 0.0697. The molecule has 2 aromatic carbocycles. The number of carbonyl (C=O) groups excluding carboxylic acids is 1. The zero-order valence-corrected chi connectivity index (χ0v) is 14.0. The Morgan fingerprint density at radius 2 is 1.61 bits per heavy atom. The molecule has 0 fully saturated rings. The van der Waals surface area contributed by atoms with E-state index in [1.54, 1.807) is 24.3 Å². The first kappa shape index (κ1) is 16.8. The molecule has 0 aliphatic rings. The largest absolute Gasteiger partial charge is 0.493 e. The second-order valence-corrected chi connectivity index (χ2v) is 5.43. The number of hydrogen-bond acceptors (Lipinski definition) is 4. The Bertz CT molecular complexity index is 743. The van der Waals surface area contributed by atoms with Gasteiger partial charge in [0.2, 0.25) is 0 Å². The van der Waals surface area contributed by atoms with Crippen LogP contribution >= 0.6 is 15.9 Å². The molecule has 0 aliphatic carbocycles. The van der Waals surface area contributed by atoms with E-state index in [4.69, 9.17) is 9.47 Å². The minimum atomic E-state index is -1.18. The molecule has 2 rings (SSSR count). The summed E-state index contributed by atoms with van der Waals surface area (Å²) in [4.78, 5) is 23.7. The van der Waals surface area contributed by atoms with Crippen molar-refractivity contribution in [2.24, 2.45) is 0 Å². The first-order valence-corrected chi connectivity index (χ1v) is 7.31. The van der Waals surface area contributed by atoms with Gasteiger partial charge in [-0.2, -0.15) is 0 Å². The monoisotopic (exact) mass is 379 g/mol. The van der Waals surface area contributed by atoms with E-state index in [2.05, 4.69) is 21.2 Å². The zero-order chi connectivity index (χ0) is 17.0. The van der Waals surface area contributed by atoms with Crippen LogP contribution < -0.4 is 14.8 Å². The number of carboxylic acids is 1. The van der Waals surface area contributed by atoms with E-state index in [1.165, 1.54) is 26.4 Å². The van der Waals surface area contributed by atoms with Gasteiger partial charge in [-0.3, -0.25) is 4.79 Å². The van der Waals surface area contributed by atoms with Crippen LogP contribution in [0.25, 0.3) is 0 Å². The minimum absolute atomic E-state index is 0.0897. The number of hydrogen-bond donors (Lipinski definition) is 2. The number of ether oxygens (including phenoxy) is 2. The Morgan fingerprint density at radius 1 is 1.04 bits per heavy atom. The Balaban J connectivity index is 2.39. The molecule has 120 valence electrons. The predicted octanol–water partition coefficient (Wildman–Crippen LogP) is 3.42. The number of aromatic carboxylic acids is 1. The summed E-state index contributed by atoms with van der Waals surface area (Å²) in [6.45, 7) is 0. The van der Waals surface area contributed by atoms with Crippen molar-refractivity contribution in [3.05, 3.63) is 52.0 Å². The van der Waals surface area contributed by atoms with E-state index >= 15 is 0 Å². The van der Waals surface area contributed by atoms with E-state index < -0.39 is 11.9 Å². The van der Waals surface area contributed by atoms with Gasteiger partial charge >= 0.3 is 5.97 Å². The second-order valence-electron chi connectivity index (χ2n) is 4.52. The van der Waals surface area contributed by atoms with Crippen molar-refractivity contribution in [2.75, 3.05) is 19.5 Å². The average Bonchev–Trinajstić information content (AvgIpc) is 2.54. The smallest absolute Gasteiger partial charge is 0.337 e. The van der Waals surface area contributed by atoms with Crippen LogP contribution in [-0.4, -0.2) is 31.2 Å². The number of anilines is 1. The number of benzene rings is 2. The second kappa shape index (κ2) is 7.15. The van der Waals surface area contributed by atoms with Gasteiger partial charge in [0, 0.05) is 22.2 Å². The van der Waals surface area contributed by atoms with Crippen LogP contribution in [0.3, 0.4) is 0 Å². The molecule has 0 atom stereocenters. The molecule has 0 radical (unpaired) electrons. The Kier molecular flexibility index (Phi) is 5.23. The fourth-order valence-electron chi connectivity index (χ4n) is 1.96. The first-order chi connectivity index (χ1) is 11.0. The van der Waals surface area contributed by atoms with Crippen LogP contribution in [0.5, 0.6) is 11.5 Å². The summed E-state index contributed by atoms with van der Waals surface area (Å²) in [7, 11) is 2.84. The number of carboxylic acid groups (broad SMARTS) is 1. The van der Waals surface area contributed by atoms with Crippen molar-refractivity contribution in [1.82, 2.24) is 0 Å². The molecular weight excluding hydrogens is 366 g/mol. The molecule has 23 heavy (non-hydrogen) atoms. The maximum atomic E-state index is 12.3. The molecular formula is C16H14BrNO5. The number of nitrogens with one attached hydrogen (secondary N) is 1. The average molecular weight is 380 g/mol. The van der Waals surface area contributed by atoms with Crippen molar-refractivity contribution >= 4 is 33.5 Å². The zero-order valence-electron chi connectivity index (χ0n) is 12.4. The van der Waals surface area contributed by atoms with Crippen LogP contribution in [0.15, 0.2) is 40.9 Å². The van der Waals surface area contributed by atoms with Crippen molar-refractivity contribution in [2.45, 2.75) is 0 Å². The molecule has 7 heteroatoms. The van der Waals surface area contributed by atoms with E-state index in [9.17, 15) is 14.7 Å². The molecule has 1 amide bonds. The standard InChI is InChI=1S/C16H14BrNO5/c1-22-13-7-11(16(20)21)12(8-14(13)23-2)18-15(19)9-3-5-10(17)6-4-9/h3-8H,1-2H3,(H,18,19)(H,20,21). The molecule has 0 aromatic heterocycles. The van der Waals surface area contributed by atoms with Gasteiger partial charge in [-0.05, 0) is 24.3 Å². The van der Waals surface area contributed by atoms with Gasteiger partial charge in [0.25, 0.3) is 5.91 Å². The summed E-state index contributed by atoms with van der Waals surface area (Å²) < 4.78 is 11.1. The van der Waals surface area contributed by atoms with Crippen LogP contribution in [-0.2, 0) is 0 Å². The van der Waals surface area contributed by atoms with Crippen molar-refractivity contribution in [3.63, 3.8) is 0 Å². The normalized spacial score (nSPS) is 10.0. The van der Waals surface area contributed by atoms with E-state index in [-0.39, 0.29) is 17.0 Å². The van der Waals surface area contributed by atoms with Gasteiger partial charge in [0.15, 0.2) is 11.5 Å². The lowest BCUT2D eigenvalue weighted by Crippen LogP contribution is -2.15. The lowest BCUT2D eigenvalue weighted by Gasteiger charge is -2.13. The quantitative estimate of drug-likeness (QED) is 0.831. The molecule has 0 spiro atoms. The Hall–Kier alpha value is -2.54. The predicted molar refractivity (Wildman–Crippen MR) is 88.6 cm³/mol. The number of rotatable bonds is 5. The molecule has 0 aliphatic heterocycles. The highest BCUT2D eigenvalue weighted by Crippen LogP contribution is 2.33. The van der Waals surface area contributed by atoms with Gasteiger partial charge in [-0.1, -0.05) is 15.9 Å². The van der Waals surface area contributed by atoms with Crippen LogP contribution in [0.1, 0.15) is 20.7 Å². The first-order valence-electron chi connectivity index (χ1n) is 6.52. The van der Waals surface area contributed by atoms with E-state index in [0.29, 0.717) is 11.3 Å². The van der Waals surface area contributed by atoms with E-state index in [0.717, 1.165) is 4.47 Å². The van der Waals surface area contributed by atoms with Crippen LogP contribution in [0.4, 0.5) is 5.69 Å². The fourth-order valence-corrected chi connectivity index (χ4v) is 2.22. The summed E-state index contributed by atoms with van der Waals surface area (Å²) >= 11 is 3.29. The van der Waals surface area contributed by atoms with Gasteiger partial charge in [0.1, 0.15) is 0 Å². The van der Waals surface area contributed by atoms with Gasteiger partial charge < -0.3 is 19.9 Å². The molecule has 0 unspecified atom stereocenters. The highest BCUT2D eigenvalue weighted by Gasteiger charge is 2.18. The van der Waals surface area contributed by atoms with Crippen LogP contribution in [0, 0.1) is 0 Å². The molecule has 0 bridgehead atoms. The lowest BCUT2D eigenvalue weighted by atomic mass is 10.1. The van der Waals surface area contributed by atoms with Gasteiger partial charge in [0.05, 0.1) is 25.5 Å². The molecule has 2 aromatic rings. The topological polar surface area (TPSA) is 84.9 Å². The summed E-state index contributed by atoms with van der Waals surface area (Å²) in [6, 6.07) is 9.42. The number of halogens is 1. The number of amides is 1. The Labute approximate surface area is 141 Å². The summed E-state index contributed by atoms with van der Waals surface area (Å²) in [6.07, 6.45) is 0. The maximum absolute atomic E-state index is 12.3. The van der Waals surface area contributed by atoms with E-state index in [1.807, 2.05) is 0 Å². The maximum Gasteiger partial charge on any atom is 0.337 e. The molecule has 0 saturated carbocycles. The van der Waals surface area contributed by atoms with Crippen molar-refractivity contribution in [3.8, 4) is 11.5 Å². The third-order valence-corrected chi connectivity index (χ3v) is 3.64. The third-order valence-electron chi connectivity index (χ3n) is 3.11.